The number of halogens is 1. The van der Waals surface area contributed by atoms with Crippen LogP contribution >= 0.6 is 11.6 Å². The van der Waals surface area contributed by atoms with E-state index >= 15 is 0 Å². The Balaban J connectivity index is 1.53. The second-order valence-electron chi connectivity index (χ2n) is 5.89. The molecule has 0 spiro atoms. The molecule has 0 aliphatic carbocycles. The van der Waals surface area contributed by atoms with E-state index in [-0.39, 0.29) is 0 Å². The van der Waals surface area contributed by atoms with Gasteiger partial charge in [-0.1, -0.05) is 35.9 Å². The highest BCUT2D eigenvalue weighted by molar-refractivity contribution is 6.30. The van der Waals surface area contributed by atoms with Crippen molar-refractivity contribution in [1.82, 2.24) is 0 Å². The van der Waals surface area contributed by atoms with E-state index in [9.17, 15) is 0 Å². The summed E-state index contributed by atoms with van der Waals surface area (Å²) in [6.07, 6.45) is 2.79. The molecule has 0 aromatic heterocycles. The Morgan fingerprint density at radius 3 is 2.74 bits per heavy atom. The van der Waals surface area contributed by atoms with Gasteiger partial charge >= 0.3 is 0 Å². The quantitative estimate of drug-likeness (QED) is 0.845. The molecule has 0 saturated carbocycles. The van der Waals surface area contributed by atoms with Gasteiger partial charge in [0.15, 0.2) is 0 Å². The number of ether oxygens (including phenoxy) is 2. The molecule has 122 valence electrons. The van der Waals surface area contributed by atoms with E-state index in [0.29, 0.717) is 12.7 Å². The van der Waals surface area contributed by atoms with E-state index in [0.717, 1.165) is 36.0 Å². The van der Waals surface area contributed by atoms with Crippen molar-refractivity contribution in [3.63, 3.8) is 0 Å². The summed E-state index contributed by atoms with van der Waals surface area (Å²) in [6, 6.07) is 16.0. The summed E-state index contributed by atoms with van der Waals surface area (Å²) >= 11 is 5.91. The van der Waals surface area contributed by atoms with Gasteiger partial charge in [0.2, 0.25) is 0 Å². The van der Waals surface area contributed by atoms with Gasteiger partial charge in [0.05, 0.1) is 0 Å². The number of rotatable bonds is 7. The number of nitrogens with two attached hydrogens (primary N) is 1. The second-order valence-corrected chi connectivity index (χ2v) is 6.32. The molecular formula is C19H23ClNO2+. The average Bonchev–Trinajstić information content (AvgIpc) is 3.09. The zero-order chi connectivity index (χ0) is 15.9. The normalized spacial score (nSPS) is 17.3. The summed E-state index contributed by atoms with van der Waals surface area (Å²) in [7, 11) is 0. The van der Waals surface area contributed by atoms with Crippen molar-refractivity contribution in [2.75, 3.05) is 13.2 Å². The van der Waals surface area contributed by atoms with Gasteiger partial charge in [-0.3, -0.25) is 0 Å². The fourth-order valence-electron chi connectivity index (χ4n) is 2.81. The van der Waals surface area contributed by atoms with Crippen LogP contribution in [0.5, 0.6) is 5.75 Å². The first-order chi connectivity index (χ1) is 11.3. The van der Waals surface area contributed by atoms with Gasteiger partial charge in [-0.2, -0.15) is 0 Å². The van der Waals surface area contributed by atoms with Crippen molar-refractivity contribution in [3.05, 3.63) is 64.7 Å². The molecule has 3 nitrogen and oxygen atoms in total. The van der Waals surface area contributed by atoms with Crippen LogP contribution in [0.4, 0.5) is 0 Å². The molecule has 3 rings (SSSR count). The molecule has 1 aliphatic heterocycles. The van der Waals surface area contributed by atoms with Gasteiger partial charge in [0, 0.05) is 17.2 Å². The van der Waals surface area contributed by atoms with Gasteiger partial charge in [-0.05, 0) is 42.7 Å². The maximum Gasteiger partial charge on any atom is 0.128 e. The largest absolute Gasteiger partial charge is 0.488 e. The van der Waals surface area contributed by atoms with Crippen LogP contribution in [0.1, 0.15) is 24.0 Å². The fraction of sp³-hybridized carbons (Fsp3) is 0.368. The standard InChI is InChI=1S/C19H22ClNO2/c20-17-9-7-15(8-10-17)14-23-19-6-2-1-4-16(19)12-21-13-18-5-3-11-22-18/h1-2,4,6-10,18,21H,3,5,11-14H2/p+1/t18-/m0/s1. The minimum atomic E-state index is 0.414. The molecule has 1 atom stereocenters. The van der Waals surface area contributed by atoms with Crippen LogP contribution in [0.25, 0.3) is 0 Å². The summed E-state index contributed by atoms with van der Waals surface area (Å²) < 4.78 is 11.7. The predicted octanol–water partition coefficient (Wildman–Crippen LogP) is 3.16. The molecule has 23 heavy (non-hydrogen) atoms. The maximum absolute atomic E-state index is 5.99. The van der Waals surface area contributed by atoms with E-state index in [1.165, 1.54) is 18.4 Å². The molecule has 2 aromatic rings. The summed E-state index contributed by atoms with van der Waals surface area (Å²) in [5, 5.41) is 3.05. The molecule has 0 amide bonds. The monoisotopic (exact) mass is 332 g/mol. The first-order valence-electron chi connectivity index (χ1n) is 8.19. The molecule has 1 heterocycles. The van der Waals surface area contributed by atoms with Crippen LogP contribution in [-0.2, 0) is 17.9 Å². The summed E-state index contributed by atoms with van der Waals surface area (Å²) in [5.74, 6) is 0.950. The molecule has 4 heteroatoms. The average molecular weight is 333 g/mol. The topological polar surface area (TPSA) is 35.1 Å². The van der Waals surface area contributed by atoms with Gasteiger partial charge in [-0.25, -0.2) is 0 Å². The Hall–Kier alpha value is -1.55. The Morgan fingerprint density at radius 1 is 1.13 bits per heavy atom. The van der Waals surface area contributed by atoms with E-state index in [4.69, 9.17) is 21.1 Å². The van der Waals surface area contributed by atoms with Crippen LogP contribution < -0.4 is 10.1 Å². The smallest absolute Gasteiger partial charge is 0.128 e. The van der Waals surface area contributed by atoms with Crippen molar-refractivity contribution >= 4 is 11.6 Å². The molecule has 0 bridgehead atoms. The Morgan fingerprint density at radius 2 is 1.96 bits per heavy atom. The molecule has 1 saturated heterocycles. The van der Waals surface area contributed by atoms with Crippen molar-refractivity contribution in [2.24, 2.45) is 0 Å². The Bertz CT molecular complexity index is 609. The van der Waals surface area contributed by atoms with Crippen molar-refractivity contribution in [2.45, 2.75) is 32.1 Å². The van der Waals surface area contributed by atoms with Crippen molar-refractivity contribution in [1.29, 1.82) is 0 Å². The lowest BCUT2D eigenvalue weighted by atomic mass is 10.2. The first kappa shape index (κ1) is 16.3. The summed E-state index contributed by atoms with van der Waals surface area (Å²) in [6.45, 7) is 3.40. The third-order valence-corrected chi connectivity index (χ3v) is 4.35. The molecular weight excluding hydrogens is 310 g/mol. The minimum Gasteiger partial charge on any atom is -0.488 e. The van der Waals surface area contributed by atoms with Gasteiger partial charge in [0.1, 0.15) is 31.5 Å². The van der Waals surface area contributed by atoms with E-state index in [1.807, 2.05) is 36.4 Å². The Labute approximate surface area is 142 Å². The number of hydrogen-bond donors (Lipinski definition) is 1. The van der Waals surface area contributed by atoms with Crippen LogP contribution in [-0.4, -0.2) is 19.3 Å². The second kappa shape index (κ2) is 8.34. The van der Waals surface area contributed by atoms with Crippen LogP contribution in [0, 0.1) is 0 Å². The van der Waals surface area contributed by atoms with Crippen molar-refractivity contribution < 1.29 is 14.8 Å². The van der Waals surface area contributed by atoms with E-state index < -0.39 is 0 Å². The third-order valence-electron chi connectivity index (χ3n) is 4.10. The predicted molar refractivity (Wildman–Crippen MR) is 91.7 cm³/mol. The highest BCUT2D eigenvalue weighted by Crippen LogP contribution is 2.19. The molecule has 2 aromatic carbocycles. The maximum atomic E-state index is 5.99. The molecule has 0 radical (unpaired) electrons. The number of benzene rings is 2. The highest BCUT2D eigenvalue weighted by atomic mass is 35.5. The zero-order valence-corrected chi connectivity index (χ0v) is 14.0. The summed E-state index contributed by atoms with van der Waals surface area (Å²) in [5.41, 5.74) is 2.34. The number of hydrogen-bond acceptors (Lipinski definition) is 2. The SMILES string of the molecule is Clc1ccc(COc2ccccc2C[NH2+]C[C@@H]2CCCO2)cc1. The Kier molecular flexibility index (Phi) is 5.92. The van der Waals surface area contributed by atoms with Gasteiger partial charge < -0.3 is 14.8 Å². The first-order valence-corrected chi connectivity index (χ1v) is 8.57. The van der Waals surface area contributed by atoms with E-state index in [1.54, 1.807) is 0 Å². The minimum absolute atomic E-state index is 0.414. The van der Waals surface area contributed by atoms with E-state index in [2.05, 4.69) is 17.4 Å². The zero-order valence-electron chi connectivity index (χ0n) is 13.2. The van der Waals surface area contributed by atoms with Crippen LogP contribution in [0.3, 0.4) is 0 Å². The number of quaternary nitrogens is 1. The third kappa shape index (κ3) is 4.96. The lowest BCUT2D eigenvalue weighted by molar-refractivity contribution is -0.676. The van der Waals surface area contributed by atoms with Crippen LogP contribution in [0.15, 0.2) is 48.5 Å². The van der Waals surface area contributed by atoms with Crippen molar-refractivity contribution in [3.8, 4) is 5.75 Å². The highest BCUT2D eigenvalue weighted by Gasteiger charge is 2.17. The summed E-state index contributed by atoms with van der Waals surface area (Å²) in [4.78, 5) is 0. The lowest BCUT2D eigenvalue weighted by Crippen LogP contribution is -2.84. The fourth-order valence-corrected chi connectivity index (χ4v) is 2.94. The van der Waals surface area contributed by atoms with Gasteiger partial charge in [-0.15, -0.1) is 0 Å². The molecule has 1 aliphatic rings. The lowest BCUT2D eigenvalue weighted by Gasteiger charge is -2.12. The molecule has 1 fully saturated rings. The van der Waals surface area contributed by atoms with Gasteiger partial charge in [0.25, 0.3) is 0 Å². The molecule has 2 N–H and O–H groups in total. The van der Waals surface area contributed by atoms with Crippen LogP contribution in [0.2, 0.25) is 5.02 Å². The number of para-hydroxylation sites is 1. The molecule has 0 unspecified atom stereocenters.